The predicted molar refractivity (Wildman–Crippen MR) is 86.9 cm³/mol. The van der Waals surface area contributed by atoms with Gasteiger partial charge in [0, 0.05) is 26.2 Å². The van der Waals surface area contributed by atoms with Crippen molar-refractivity contribution in [3.05, 3.63) is 34.4 Å². The number of carbonyl (C=O) groups excluding carboxylic acids is 1. The summed E-state index contributed by atoms with van der Waals surface area (Å²) in [5, 5.41) is 2.03. The summed E-state index contributed by atoms with van der Waals surface area (Å²) < 4.78 is 26.4. The maximum atomic E-state index is 12.5. The van der Waals surface area contributed by atoms with Crippen molar-refractivity contribution >= 4 is 27.3 Å². The smallest absolute Gasteiger partial charge is 0.263 e. The van der Waals surface area contributed by atoms with E-state index in [1.165, 1.54) is 28.2 Å². The number of aromatic amines is 1. The maximum Gasteiger partial charge on any atom is 0.263 e. The first-order valence-corrected chi connectivity index (χ1v) is 9.63. The third-order valence-electron chi connectivity index (χ3n) is 3.77. The first-order chi connectivity index (χ1) is 11.0. The van der Waals surface area contributed by atoms with Crippen molar-refractivity contribution in [1.82, 2.24) is 19.2 Å². The normalized spacial score (nSPS) is 17.2. The molecule has 0 aromatic carbocycles. The minimum atomic E-state index is -3.57. The molecule has 1 aliphatic rings. The summed E-state index contributed by atoms with van der Waals surface area (Å²) >= 11 is 1.43. The van der Waals surface area contributed by atoms with Crippen LogP contribution in [0.4, 0.5) is 0 Å². The van der Waals surface area contributed by atoms with Crippen molar-refractivity contribution in [2.75, 3.05) is 26.2 Å². The second-order valence-corrected chi connectivity index (χ2v) is 8.27. The number of hydrogen-bond donors (Lipinski definition) is 1. The second kappa shape index (κ2) is 6.42. The lowest BCUT2D eigenvalue weighted by molar-refractivity contribution is 0.0769. The van der Waals surface area contributed by atoms with E-state index in [2.05, 4.69) is 9.97 Å². The van der Waals surface area contributed by atoms with E-state index in [1.54, 1.807) is 4.90 Å². The first kappa shape index (κ1) is 16.2. The van der Waals surface area contributed by atoms with Gasteiger partial charge in [-0.3, -0.25) is 4.79 Å². The van der Waals surface area contributed by atoms with Crippen LogP contribution in [0.25, 0.3) is 0 Å². The number of amides is 1. The number of imidazole rings is 1. The van der Waals surface area contributed by atoms with Crippen molar-refractivity contribution in [3.63, 3.8) is 0 Å². The number of nitrogens with one attached hydrogen (secondary N) is 1. The van der Waals surface area contributed by atoms with Crippen LogP contribution in [0, 0.1) is 6.92 Å². The number of H-pyrrole nitrogens is 1. The average Bonchev–Trinajstić information content (AvgIpc) is 3.13. The molecule has 124 valence electrons. The molecule has 0 spiro atoms. The van der Waals surface area contributed by atoms with E-state index in [9.17, 15) is 13.2 Å². The fourth-order valence-corrected chi connectivity index (χ4v) is 4.79. The number of aryl methyl sites for hydroxylation is 1. The molecule has 23 heavy (non-hydrogen) atoms. The second-order valence-electron chi connectivity index (χ2n) is 5.45. The topological polar surface area (TPSA) is 86.4 Å². The number of nitrogens with zero attached hydrogens (tertiary/aromatic N) is 3. The van der Waals surface area contributed by atoms with Crippen LogP contribution >= 0.6 is 11.3 Å². The zero-order chi connectivity index (χ0) is 16.4. The lowest BCUT2D eigenvalue weighted by Gasteiger charge is -2.21. The summed E-state index contributed by atoms with van der Waals surface area (Å²) in [4.78, 5) is 21.3. The molecule has 0 aliphatic carbocycles. The number of carbonyl (C=O) groups is 1. The number of thiophene rings is 1. The molecular formula is C14H18N4O3S2. The van der Waals surface area contributed by atoms with Crippen LogP contribution in [-0.2, 0) is 10.0 Å². The predicted octanol–water partition coefficient (Wildman–Crippen LogP) is 1.32. The number of sulfonamides is 1. The summed E-state index contributed by atoms with van der Waals surface area (Å²) in [7, 11) is -3.57. The minimum absolute atomic E-state index is 0.0242. The standard InChI is InChI=1S/C14H18N4O3S2/c1-11-7-12(22-9-11)14(19)17-3-2-4-18(6-5-17)23(20,21)13-8-15-10-16-13/h7-10H,2-6H2,1H3,(H,15,16). The Hall–Kier alpha value is -1.71. The molecule has 9 heteroatoms. The van der Waals surface area contributed by atoms with E-state index in [1.807, 2.05) is 18.4 Å². The Morgan fingerprint density at radius 1 is 1.30 bits per heavy atom. The summed E-state index contributed by atoms with van der Waals surface area (Å²) in [6.45, 7) is 3.59. The molecule has 1 amide bonds. The molecule has 0 atom stereocenters. The molecule has 3 heterocycles. The van der Waals surface area contributed by atoms with E-state index in [4.69, 9.17) is 0 Å². The van der Waals surface area contributed by atoms with Crippen LogP contribution < -0.4 is 0 Å². The molecular weight excluding hydrogens is 336 g/mol. The molecule has 0 unspecified atom stereocenters. The maximum absolute atomic E-state index is 12.5. The Labute approximate surface area is 139 Å². The van der Waals surface area contributed by atoms with Gasteiger partial charge < -0.3 is 9.88 Å². The third kappa shape index (κ3) is 3.31. The molecule has 1 saturated heterocycles. The van der Waals surface area contributed by atoms with E-state index < -0.39 is 10.0 Å². The molecule has 0 radical (unpaired) electrons. The Morgan fingerprint density at radius 2 is 2.13 bits per heavy atom. The van der Waals surface area contributed by atoms with Gasteiger partial charge in [-0.05, 0) is 30.4 Å². The van der Waals surface area contributed by atoms with Crippen LogP contribution in [0.2, 0.25) is 0 Å². The molecule has 1 N–H and O–H groups in total. The van der Waals surface area contributed by atoms with Crippen LogP contribution in [0.15, 0.2) is 29.0 Å². The van der Waals surface area contributed by atoms with Crippen LogP contribution in [0.5, 0.6) is 0 Å². The van der Waals surface area contributed by atoms with Gasteiger partial charge in [-0.2, -0.15) is 4.31 Å². The van der Waals surface area contributed by atoms with Crippen LogP contribution in [-0.4, -0.2) is 59.7 Å². The van der Waals surface area contributed by atoms with Crippen molar-refractivity contribution in [3.8, 4) is 0 Å². The Bertz CT molecular complexity index is 783. The number of hydrogen-bond acceptors (Lipinski definition) is 5. The van der Waals surface area contributed by atoms with Gasteiger partial charge in [-0.15, -0.1) is 11.3 Å². The zero-order valence-electron chi connectivity index (χ0n) is 12.7. The zero-order valence-corrected chi connectivity index (χ0v) is 14.4. The Balaban J connectivity index is 1.71. The first-order valence-electron chi connectivity index (χ1n) is 7.31. The highest BCUT2D eigenvalue weighted by molar-refractivity contribution is 7.89. The van der Waals surface area contributed by atoms with Crippen LogP contribution in [0.3, 0.4) is 0 Å². The minimum Gasteiger partial charge on any atom is -0.337 e. The molecule has 7 nitrogen and oxygen atoms in total. The fourth-order valence-electron chi connectivity index (χ4n) is 2.56. The highest BCUT2D eigenvalue weighted by atomic mass is 32.2. The van der Waals surface area contributed by atoms with E-state index in [-0.39, 0.29) is 17.5 Å². The van der Waals surface area contributed by atoms with Gasteiger partial charge in [0.2, 0.25) is 0 Å². The monoisotopic (exact) mass is 354 g/mol. The molecule has 0 bridgehead atoms. The molecule has 0 saturated carbocycles. The summed E-state index contributed by atoms with van der Waals surface area (Å²) in [6, 6.07) is 1.87. The third-order valence-corrected chi connectivity index (χ3v) is 6.63. The fraction of sp³-hybridized carbons (Fsp3) is 0.429. The van der Waals surface area contributed by atoms with Gasteiger partial charge in [0.25, 0.3) is 15.9 Å². The largest absolute Gasteiger partial charge is 0.337 e. The van der Waals surface area contributed by atoms with Crippen molar-refractivity contribution in [2.45, 2.75) is 18.4 Å². The van der Waals surface area contributed by atoms with Gasteiger partial charge >= 0.3 is 0 Å². The van der Waals surface area contributed by atoms with Gasteiger partial charge in [-0.1, -0.05) is 0 Å². The number of rotatable bonds is 3. The molecule has 2 aromatic heterocycles. The molecule has 3 rings (SSSR count). The van der Waals surface area contributed by atoms with Crippen LogP contribution in [0.1, 0.15) is 21.7 Å². The molecule has 2 aromatic rings. The highest BCUT2D eigenvalue weighted by Crippen LogP contribution is 2.19. The Morgan fingerprint density at radius 3 is 2.78 bits per heavy atom. The van der Waals surface area contributed by atoms with E-state index in [0.717, 1.165) is 5.56 Å². The van der Waals surface area contributed by atoms with Crippen molar-refractivity contribution in [2.24, 2.45) is 0 Å². The van der Waals surface area contributed by atoms with Gasteiger partial charge in [0.05, 0.1) is 17.4 Å². The summed E-state index contributed by atoms with van der Waals surface area (Å²) in [5.41, 5.74) is 1.07. The van der Waals surface area contributed by atoms with Crippen molar-refractivity contribution < 1.29 is 13.2 Å². The van der Waals surface area contributed by atoms with Gasteiger partial charge in [0.1, 0.15) is 0 Å². The number of aromatic nitrogens is 2. The quantitative estimate of drug-likeness (QED) is 0.900. The molecule has 1 aliphatic heterocycles. The SMILES string of the molecule is Cc1csc(C(=O)N2CCCN(S(=O)(=O)c3cnc[nH]3)CC2)c1. The summed E-state index contributed by atoms with van der Waals surface area (Å²) in [6.07, 6.45) is 3.26. The van der Waals surface area contributed by atoms with Gasteiger partial charge in [-0.25, -0.2) is 13.4 Å². The highest BCUT2D eigenvalue weighted by Gasteiger charge is 2.29. The lowest BCUT2D eigenvalue weighted by atomic mass is 10.3. The lowest BCUT2D eigenvalue weighted by Crippen LogP contribution is -2.37. The van der Waals surface area contributed by atoms with E-state index in [0.29, 0.717) is 30.9 Å². The Kier molecular flexibility index (Phi) is 4.51. The van der Waals surface area contributed by atoms with Gasteiger partial charge in [0.15, 0.2) is 5.03 Å². The van der Waals surface area contributed by atoms with E-state index >= 15 is 0 Å². The van der Waals surface area contributed by atoms with Crippen molar-refractivity contribution in [1.29, 1.82) is 0 Å². The average molecular weight is 354 g/mol. The molecule has 1 fully saturated rings. The summed E-state index contributed by atoms with van der Waals surface area (Å²) in [5.74, 6) is -0.0242.